The van der Waals surface area contributed by atoms with E-state index < -0.39 is 29.9 Å². The second-order valence-electron chi connectivity index (χ2n) is 3.14. The molecular formula is C8H16O4S. The fourth-order valence-electron chi connectivity index (χ4n) is 1.32. The van der Waals surface area contributed by atoms with Crippen molar-refractivity contribution >= 4 is 11.8 Å². The lowest BCUT2D eigenvalue weighted by atomic mass is 10.0. The van der Waals surface area contributed by atoms with Crippen LogP contribution in [-0.4, -0.2) is 50.9 Å². The van der Waals surface area contributed by atoms with Crippen LogP contribution in [0.15, 0.2) is 0 Å². The molecule has 1 rings (SSSR count). The van der Waals surface area contributed by atoms with Crippen LogP contribution in [0.2, 0.25) is 0 Å². The summed E-state index contributed by atoms with van der Waals surface area (Å²) in [6, 6.07) is 0. The van der Waals surface area contributed by atoms with Crippen LogP contribution in [0.3, 0.4) is 0 Å². The van der Waals surface area contributed by atoms with Crippen molar-refractivity contribution < 1.29 is 20.1 Å². The molecule has 1 saturated heterocycles. The molecule has 0 aromatic heterocycles. The first-order valence-corrected chi connectivity index (χ1v) is 5.44. The Balaban J connectivity index is 2.59. The smallest absolute Gasteiger partial charge is 0.132 e. The number of thioether (sulfide) groups is 1. The highest BCUT2D eigenvalue weighted by Gasteiger charge is 2.41. The van der Waals surface area contributed by atoms with Gasteiger partial charge in [0, 0.05) is 0 Å². The van der Waals surface area contributed by atoms with E-state index in [9.17, 15) is 15.3 Å². The van der Waals surface area contributed by atoms with Crippen LogP contribution in [0.4, 0.5) is 0 Å². The molecule has 1 fully saturated rings. The highest BCUT2D eigenvalue weighted by Crippen LogP contribution is 2.27. The molecule has 5 atom stereocenters. The van der Waals surface area contributed by atoms with Gasteiger partial charge in [-0.25, -0.2) is 0 Å². The minimum absolute atomic E-state index is 0.428. The van der Waals surface area contributed by atoms with Crippen molar-refractivity contribution in [3.05, 3.63) is 0 Å². The molecule has 0 aliphatic carbocycles. The van der Waals surface area contributed by atoms with Crippen molar-refractivity contribution in [3.8, 4) is 0 Å². The SMILES string of the molecule is CCS[C@@H]1O[C@@H](C)[C@H](O)[C@@H](O)[C@H]1O. The normalized spacial score (nSPS) is 46.4. The largest absolute Gasteiger partial charge is 0.388 e. The minimum atomic E-state index is -1.10. The van der Waals surface area contributed by atoms with Gasteiger partial charge < -0.3 is 20.1 Å². The van der Waals surface area contributed by atoms with Gasteiger partial charge in [0.1, 0.15) is 23.7 Å². The molecule has 0 radical (unpaired) electrons. The molecule has 3 N–H and O–H groups in total. The Morgan fingerprint density at radius 2 is 1.77 bits per heavy atom. The molecule has 1 heterocycles. The van der Waals surface area contributed by atoms with Gasteiger partial charge in [-0.2, -0.15) is 0 Å². The summed E-state index contributed by atoms with van der Waals surface area (Å²) in [5, 5.41) is 28.3. The Morgan fingerprint density at radius 3 is 2.31 bits per heavy atom. The van der Waals surface area contributed by atoms with E-state index in [1.54, 1.807) is 6.92 Å². The van der Waals surface area contributed by atoms with E-state index in [4.69, 9.17) is 4.74 Å². The third-order valence-electron chi connectivity index (χ3n) is 2.14. The minimum Gasteiger partial charge on any atom is -0.388 e. The Morgan fingerprint density at radius 1 is 1.15 bits per heavy atom. The van der Waals surface area contributed by atoms with Gasteiger partial charge >= 0.3 is 0 Å². The summed E-state index contributed by atoms with van der Waals surface area (Å²) in [6.07, 6.45) is -3.53. The number of aliphatic hydroxyl groups is 3. The molecule has 78 valence electrons. The highest BCUT2D eigenvalue weighted by molar-refractivity contribution is 7.99. The Kier molecular flexibility index (Phi) is 4.00. The van der Waals surface area contributed by atoms with Crippen LogP contribution in [0.1, 0.15) is 13.8 Å². The second-order valence-corrected chi connectivity index (χ2v) is 4.51. The molecule has 0 spiro atoms. The van der Waals surface area contributed by atoms with Crippen LogP contribution < -0.4 is 0 Å². The van der Waals surface area contributed by atoms with Crippen LogP contribution in [0.5, 0.6) is 0 Å². The Labute approximate surface area is 81.9 Å². The molecule has 0 unspecified atom stereocenters. The zero-order valence-electron chi connectivity index (χ0n) is 7.75. The van der Waals surface area contributed by atoms with E-state index in [1.807, 2.05) is 6.92 Å². The lowest BCUT2D eigenvalue weighted by molar-refractivity contribution is -0.192. The molecule has 1 aliphatic heterocycles. The Hall–Kier alpha value is 0.190. The molecule has 0 amide bonds. The van der Waals surface area contributed by atoms with Crippen LogP contribution >= 0.6 is 11.8 Å². The predicted octanol–water partition coefficient (Wildman–Crippen LogP) is -0.433. The predicted molar refractivity (Wildman–Crippen MR) is 50.5 cm³/mol. The number of ether oxygens (including phenoxy) is 1. The molecule has 4 nitrogen and oxygen atoms in total. The molecule has 0 saturated carbocycles. The van der Waals surface area contributed by atoms with E-state index in [2.05, 4.69) is 0 Å². The first-order valence-electron chi connectivity index (χ1n) is 4.39. The maximum absolute atomic E-state index is 9.50. The van der Waals surface area contributed by atoms with Crippen molar-refractivity contribution in [2.24, 2.45) is 0 Å². The summed E-state index contributed by atoms with van der Waals surface area (Å²) in [5.41, 5.74) is -0.432. The summed E-state index contributed by atoms with van der Waals surface area (Å²) in [4.78, 5) is 0. The van der Waals surface area contributed by atoms with Crippen molar-refractivity contribution in [1.82, 2.24) is 0 Å². The average molecular weight is 208 g/mol. The van der Waals surface area contributed by atoms with E-state index in [1.165, 1.54) is 11.8 Å². The fraction of sp³-hybridized carbons (Fsp3) is 1.00. The first kappa shape index (κ1) is 11.3. The van der Waals surface area contributed by atoms with Crippen LogP contribution in [0.25, 0.3) is 0 Å². The van der Waals surface area contributed by atoms with Gasteiger partial charge in [-0.05, 0) is 12.7 Å². The third kappa shape index (κ3) is 2.35. The molecule has 1 aliphatic rings. The van der Waals surface area contributed by atoms with Gasteiger partial charge in [0.15, 0.2) is 0 Å². The topological polar surface area (TPSA) is 69.9 Å². The van der Waals surface area contributed by atoms with E-state index >= 15 is 0 Å². The van der Waals surface area contributed by atoms with Crippen LogP contribution in [-0.2, 0) is 4.74 Å². The van der Waals surface area contributed by atoms with Crippen molar-refractivity contribution in [2.75, 3.05) is 5.75 Å². The van der Waals surface area contributed by atoms with Crippen molar-refractivity contribution in [1.29, 1.82) is 0 Å². The average Bonchev–Trinajstić information content (AvgIpc) is 2.11. The van der Waals surface area contributed by atoms with Gasteiger partial charge in [0.25, 0.3) is 0 Å². The molecule has 0 bridgehead atoms. The summed E-state index contributed by atoms with van der Waals surface area (Å²) >= 11 is 1.43. The summed E-state index contributed by atoms with van der Waals surface area (Å²) in [5.74, 6) is 0.803. The summed E-state index contributed by atoms with van der Waals surface area (Å²) in [6.45, 7) is 3.63. The van der Waals surface area contributed by atoms with Crippen LogP contribution in [0, 0.1) is 0 Å². The number of aliphatic hydroxyl groups excluding tert-OH is 3. The number of hydrogen-bond donors (Lipinski definition) is 3. The first-order chi connectivity index (χ1) is 6.07. The summed E-state index contributed by atoms with van der Waals surface area (Å²) in [7, 11) is 0. The molecule has 0 aromatic rings. The molecular weight excluding hydrogens is 192 g/mol. The maximum Gasteiger partial charge on any atom is 0.132 e. The zero-order chi connectivity index (χ0) is 10.0. The van der Waals surface area contributed by atoms with E-state index in [0.717, 1.165) is 5.75 Å². The van der Waals surface area contributed by atoms with Gasteiger partial charge in [0.05, 0.1) is 6.10 Å². The van der Waals surface area contributed by atoms with Crippen molar-refractivity contribution in [2.45, 2.75) is 43.7 Å². The van der Waals surface area contributed by atoms with Gasteiger partial charge in [-0.3, -0.25) is 0 Å². The lowest BCUT2D eigenvalue weighted by Gasteiger charge is -2.38. The third-order valence-corrected chi connectivity index (χ3v) is 3.19. The van der Waals surface area contributed by atoms with Gasteiger partial charge in [-0.15, -0.1) is 11.8 Å². The molecule has 0 aromatic carbocycles. The molecule has 13 heavy (non-hydrogen) atoms. The van der Waals surface area contributed by atoms with E-state index in [-0.39, 0.29) is 0 Å². The number of hydrogen-bond acceptors (Lipinski definition) is 5. The monoisotopic (exact) mass is 208 g/mol. The Bertz CT molecular complexity index is 166. The quantitative estimate of drug-likeness (QED) is 0.574. The molecule has 5 heteroatoms. The van der Waals surface area contributed by atoms with Gasteiger partial charge in [0.2, 0.25) is 0 Å². The standard InChI is InChI=1S/C8H16O4S/c1-3-13-8-7(11)6(10)5(9)4(2)12-8/h4-11H,3H2,1-2H3/t4-,5-,6+,7+,8-/m0/s1. The summed E-state index contributed by atoms with van der Waals surface area (Å²) < 4.78 is 5.32. The maximum atomic E-state index is 9.50. The fourth-order valence-corrected chi connectivity index (χ4v) is 2.26. The second kappa shape index (κ2) is 4.61. The van der Waals surface area contributed by atoms with Crippen molar-refractivity contribution in [3.63, 3.8) is 0 Å². The van der Waals surface area contributed by atoms with Gasteiger partial charge in [-0.1, -0.05) is 6.92 Å². The lowest BCUT2D eigenvalue weighted by Crippen LogP contribution is -2.55. The van der Waals surface area contributed by atoms with E-state index in [0.29, 0.717) is 0 Å². The highest BCUT2D eigenvalue weighted by atomic mass is 32.2. The number of rotatable bonds is 2. The zero-order valence-corrected chi connectivity index (χ0v) is 8.57.